The van der Waals surface area contributed by atoms with Crippen molar-refractivity contribution in [2.75, 3.05) is 6.61 Å². The number of halogens is 1. The van der Waals surface area contributed by atoms with Crippen LogP contribution in [0.3, 0.4) is 0 Å². The molecule has 0 bridgehead atoms. The fraction of sp³-hybridized carbons (Fsp3) is 0.389. The van der Waals surface area contributed by atoms with E-state index in [0.29, 0.717) is 11.7 Å². The van der Waals surface area contributed by atoms with Crippen LogP contribution in [0.4, 0.5) is 4.39 Å². The topological polar surface area (TPSA) is 38.3 Å². The molecular weight excluding hydrogens is 313 g/mol. The molecule has 124 valence electrons. The van der Waals surface area contributed by atoms with Crippen molar-refractivity contribution < 1.29 is 13.9 Å². The minimum absolute atomic E-state index is 0.0360. The monoisotopic (exact) mass is 335 g/mol. The number of thiophene rings is 1. The van der Waals surface area contributed by atoms with E-state index in [4.69, 9.17) is 4.74 Å². The van der Waals surface area contributed by atoms with E-state index in [1.54, 1.807) is 23.5 Å². The van der Waals surface area contributed by atoms with Crippen LogP contribution < -0.4 is 10.1 Å². The van der Waals surface area contributed by atoms with Crippen LogP contribution in [0.1, 0.15) is 37.6 Å². The van der Waals surface area contributed by atoms with Crippen LogP contribution in [0, 0.1) is 11.7 Å². The van der Waals surface area contributed by atoms with Crippen LogP contribution in [-0.2, 0) is 4.79 Å². The Morgan fingerprint density at radius 2 is 2.00 bits per heavy atom. The number of nitrogens with one attached hydrogen (secondary N) is 1. The highest BCUT2D eigenvalue weighted by atomic mass is 32.1. The summed E-state index contributed by atoms with van der Waals surface area (Å²) >= 11 is 1.66. The van der Waals surface area contributed by atoms with E-state index in [9.17, 15) is 9.18 Å². The van der Waals surface area contributed by atoms with Crippen LogP contribution in [0.25, 0.3) is 0 Å². The van der Waals surface area contributed by atoms with E-state index >= 15 is 0 Å². The Morgan fingerprint density at radius 1 is 1.26 bits per heavy atom. The summed E-state index contributed by atoms with van der Waals surface area (Å²) in [5, 5.41) is 5.10. The SMILES string of the molecule is CC(C)CC(NC(=O)CCOc1ccc(F)cc1)c1cccs1. The van der Waals surface area contributed by atoms with Gasteiger partial charge in [-0.25, -0.2) is 4.39 Å². The van der Waals surface area contributed by atoms with Gasteiger partial charge in [-0.2, -0.15) is 0 Å². The maximum Gasteiger partial charge on any atom is 0.223 e. The number of ether oxygens (including phenoxy) is 1. The van der Waals surface area contributed by atoms with E-state index in [2.05, 4.69) is 19.2 Å². The maximum absolute atomic E-state index is 12.8. The Bertz CT molecular complexity index is 596. The smallest absolute Gasteiger partial charge is 0.223 e. The second-order valence-corrected chi connectivity index (χ2v) is 6.80. The molecule has 0 saturated carbocycles. The number of benzene rings is 1. The number of amides is 1. The van der Waals surface area contributed by atoms with E-state index in [-0.39, 0.29) is 30.8 Å². The van der Waals surface area contributed by atoms with Gasteiger partial charge in [0.1, 0.15) is 11.6 Å². The molecule has 3 nitrogen and oxygen atoms in total. The van der Waals surface area contributed by atoms with Crippen molar-refractivity contribution in [2.45, 2.75) is 32.7 Å². The van der Waals surface area contributed by atoms with Crippen molar-refractivity contribution in [2.24, 2.45) is 5.92 Å². The Labute approximate surface area is 140 Å². The fourth-order valence-corrected chi connectivity index (χ4v) is 3.06. The standard InChI is InChI=1S/C18H22FNO2S/c1-13(2)12-16(17-4-3-11-23-17)20-18(21)9-10-22-15-7-5-14(19)6-8-15/h3-8,11,13,16H,9-10,12H2,1-2H3,(H,20,21). The second kappa shape index (κ2) is 8.67. The highest BCUT2D eigenvalue weighted by Crippen LogP contribution is 2.25. The van der Waals surface area contributed by atoms with Gasteiger partial charge < -0.3 is 10.1 Å². The number of carbonyl (C=O) groups is 1. The largest absolute Gasteiger partial charge is 0.493 e. The molecule has 0 spiro atoms. The van der Waals surface area contributed by atoms with Crippen LogP contribution in [-0.4, -0.2) is 12.5 Å². The lowest BCUT2D eigenvalue weighted by molar-refractivity contribution is -0.122. The average molecular weight is 335 g/mol. The van der Waals surface area contributed by atoms with Gasteiger partial charge >= 0.3 is 0 Å². The average Bonchev–Trinajstić information content (AvgIpc) is 3.02. The number of carbonyl (C=O) groups excluding carboxylic acids is 1. The molecule has 0 aliphatic heterocycles. The summed E-state index contributed by atoms with van der Waals surface area (Å²) in [7, 11) is 0. The minimum Gasteiger partial charge on any atom is -0.493 e. The molecule has 1 heterocycles. The summed E-state index contributed by atoms with van der Waals surface area (Å²) in [4.78, 5) is 13.3. The van der Waals surface area contributed by atoms with Crippen molar-refractivity contribution in [3.05, 3.63) is 52.5 Å². The Kier molecular flexibility index (Phi) is 6.59. The van der Waals surface area contributed by atoms with E-state index in [1.165, 1.54) is 17.0 Å². The third-order valence-electron chi connectivity index (χ3n) is 3.34. The highest BCUT2D eigenvalue weighted by Gasteiger charge is 2.17. The van der Waals surface area contributed by atoms with Crippen molar-refractivity contribution in [3.8, 4) is 5.75 Å². The third-order valence-corrected chi connectivity index (χ3v) is 4.33. The number of rotatable bonds is 8. The van der Waals surface area contributed by atoms with Crippen molar-refractivity contribution in [1.29, 1.82) is 0 Å². The lowest BCUT2D eigenvalue weighted by Crippen LogP contribution is -2.30. The summed E-state index contributed by atoms with van der Waals surface area (Å²) in [6.45, 7) is 4.56. The van der Waals surface area contributed by atoms with Gasteiger partial charge in [-0.3, -0.25) is 4.79 Å². The zero-order chi connectivity index (χ0) is 16.7. The molecule has 1 amide bonds. The molecule has 1 unspecified atom stereocenters. The summed E-state index contributed by atoms with van der Waals surface area (Å²) < 4.78 is 18.3. The Balaban J connectivity index is 1.81. The lowest BCUT2D eigenvalue weighted by atomic mass is 10.0. The number of hydrogen-bond donors (Lipinski definition) is 1. The van der Waals surface area contributed by atoms with Gasteiger partial charge in [0, 0.05) is 4.88 Å². The zero-order valence-electron chi connectivity index (χ0n) is 13.4. The van der Waals surface area contributed by atoms with Crippen molar-refractivity contribution >= 4 is 17.2 Å². The first kappa shape index (κ1) is 17.5. The van der Waals surface area contributed by atoms with E-state index in [1.807, 2.05) is 17.5 Å². The molecule has 5 heteroatoms. The van der Waals surface area contributed by atoms with Gasteiger partial charge in [0.25, 0.3) is 0 Å². The first-order valence-electron chi connectivity index (χ1n) is 7.75. The van der Waals surface area contributed by atoms with E-state index < -0.39 is 0 Å². The van der Waals surface area contributed by atoms with Gasteiger partial charge in [-0.1, -0.05) is 19.9 Å². The first-order valence-corrected chi connectivity index (χ1v) is 8.63. The van der Waals surface area contributed by atoms with Gasteiger partial charge in [-0.15, -0.1) is 11.3 Å². The predicted octanol–water partition coefficient (Wildman–Crippen LogP) is 4.56. The lowest BCUT2D eigenvalue weighted by Gasteiger charge is -2.19. The fourth-order valence-electron chi connectivity index (χ4n) is 2.27. The van der Waals surface area contributed by atoms with Crippen molar-refractivity contribution in [1.82, 2.24) is 5.32 Å². The van der Waals surface area contributed by atoms with Crippen molar-refractivity contribution in [3.63, 3.8) is 0 Å². The molecule has 0 saturated heterocycles. The molecule has 1 atom stereocenters. The molecule has 1 aromatic heterocycles. The van der Waals surface area contributed by atoms with Crippen LogP contribution in [0.15, 0.2) is 41.8 Å². The summed E-state index contributed by atoms with van der Waals surface area (Å²) in [5.41, 5.74) is 0. The van der Waals surface area contributed by atoms with Gasteiger partial charge in [-0.05, 0) is 48.1 Å². The highest BCUT2D eigenvalue weighted by molar-refractivity contribution is 7.10. The maximum atomic E-state index is 12.8. The normalized spacial score (nSPS) is 12.2. The summed E-state index contributed by atoms with van der Waals surface area (Å²) in [6.07, 6.45) is 1.18. The molecular formula is C18H22FNO2S. The summed E-state index contributed by atoms with van der Waals surface area (Å²) in [5.74, 6) is 0.725. The summed E-state index contributed by atoms with van der Waals surface area (Å²) in [6, 6.07) is 9.88. The molecule has 0 fully saturated rings. The first-order chi connectivity index (χ1) is 11.0. The van der Waals surface area contributed by atoms with Gasteiger partial charge in [0.2, 0.25) is 5.91 Å². The van der Waals surface area contributed by atoms with Crippen LogP contribution in [0.2, 0.25) is 0 Å². The van der Waals surface area contributed by atoms with E-state index in [0.717, 1.165) is 6.42 Å². The molecule has 2 rings (SSSR count). The Morgan fingerprint density at radius 3 is 2.61 bits per heavy atom. The van der Waals surface area contributed by atoms with Crippen LogP contribution >= 0.6 is 11.3 Å². The molecule has 0 aliphatic rings. The number of hydrogen-bond acceptors (Lipinski definition) is 3. The predicted molar refractivity (Wildman–Crippen MR) is 91.2 cm³/mol. The molecule has 0 aliphatic carbocycles. The van der Waals surface area contributed by atoms with Gasteiger partial charge in [0.15, 0.2) is 0 Å². The molecule has 0 radical (unpaired) electrons. The molecule has 2 aromatic rings. The Hall–Kier alpha value is -1.88. The molecule has 1 N–H and O–H groups in total. The molecule has 1 aromatic carbocycles. The van der Waals surface area contributed by atoms with Crippen LogP contribution in [0.5, 0.6) is 5.75 Å². The van der Waals surface area contributed by atoms with Gasteiger partial charge in [0.05, 0.1) is 19.1 Å². The third kappa shape index (κ3) is 6.02. The molecule has 23 heavy (non-hydrogen) atoms. The zero-order valence-corrected chi connectivity index (χ0v) is 14.2. The minimum atomic E-state index is -0.303. The quantitative estimate of drug-likeness (QED) is 0.768. The second-order valence-electron chi connectivity index (χ2n) is 5.82.